The van der Waals surface area contributed by atoms with Crippen molar-refractivity contribution in [3.05, 3.63) is 40.1 Å². The van der Waals surface area contributed by atoms with Gasteiger partial charge in [0.1, 0.15) is 0 Å². The Labute approximate surface area is 131 Å². The van der Waals surface area contributed by atoms with E-state index in [9.17, 15) is 0 Å². The summed E-state index contributed by atoms with van der Waals surface area (Å²) in [6.45, 7) is 9.10. The lowest BCUT2D eigenvalue weighted by atomic mass is 9.78. The van der Waals surface area contributed by atoms with Crippen molar-refractivity contribution in [2.24, 2.45) is 0 Å². The first-order chi connectivity index (χ1) is 10.1. The van der Waals surface area contributed by atoms with Gasteiger partial charge in [-0.1, -0.05) is 6.92 Å². The van der Waals surface area contributed by atoms with E-state index in [0.717, 1.165) is 19.5 Å². The summed E-state index contributed by atoms with van der Waals surface area (Å²) in [5, 5.41) is 3.47. The van der Waals surface area contributed by atoms with E-state index in [1.54, 1.807) is 0 Å². The van der Waals surface area contributed by atoms with Crippen molar-refractivity contribution in [1.29, 1.82) is 0 Å². The van der Waals surface area contributed by atoms with E-state index in [1.165, 1.54) is 28.3 Å². The van der Waals surface area contributed by atoms with Crippen LogP contribution in [0.25, 0.3) is 0 Å². The van der Waals surface area contributed by atoms with Crippen molar-refractivity contribution in [3.63, 3.8) is 0 Å². The third-order valence-electron chi connectivity index (χ3n) is 4.76. The van der Waals surface area contributed by atoms with Crippen molar-refractivity contribution >= 4 is 11.3 Å². The summed E-state index contributed by atoms with van der Waals surface area (Å²) in [7, 11) is 0. The average molecular weight is 303 g/mol. The maximum atomic E-state index is 4.46. The maximum absolute atomic E-state index is 4.46. The van der Waals surface area contributed by atoms with Gasteiger partial charge in [0.05, 0.1) is 6.33 Å². The third-order valence-corrected chi connectivity index (χ3v) is 5.78. The summed E-state index contributed by atoms with van der Waals surface area (Å²) in [4.78, 5) is 7.32. The number of rotatable bonds is 4. The summed E-state index contributed by atoms with van der Waals surface area (Å²) in [5.74, 6) is 0. The molecule has 3 nitrogen and oxygen atoms in total. The molecule has 4 heteroatoms. The normalized spacial score (nSPS) is 19.6. The van der Waals surface area contributed by atoms with Gasteiger partial charge in [-0.15, -0.1) is 11.3 Å². The van der Waals surface area contributed by atoms with E-state index in [1.807, 2.05) is 17.7 Å². The molecule has 114 valence electrons. The molecule has 3 rings (SSSR count). The zero-order chi connectivity index (χ0) is 14.9. The Morgan fingerprint density at radius 2 is 2.14 bits per heavy atom. The summed E-state index contributed by atoms with van der Waals surface area (Å²) >= 11 is 1.91. The molecule has 0 aromatic carbocycles. The van der Waals surface area contributed by atoms with E-state index < -0.39 is 0 Å². The number of piperidine rings is 1. The fraction of sp³-hybridized carbons (Fsp3) is 0.588. The minimum Gasteiger partial charge on any atom is -0.331 e. The van der Waals surface area contributed by atoms with Crippen LogP contribution in [0.1, 0.15) is 48.2 Å². The molecule has 21 heavy (non-hydrogen) atoms. The second kappa shape index (κ2) is 5.93. The largest absolute Gasteiger partial charge is 0.331 e. The van der Waals surface area contributed by atoms with E-state index in [0.29, 0.717) is 6.04 Å². The summed E-state index contributed by atoms with van der Waals surface area (Å²) in [5.41, 5.74) is 1.67. The van der Waals surface area contributed by atoms with Crippen molar-refractivity contribution in [1.82, 2.24) is 14.9 Å². The third kappa shape index (κ3) is 3.06. The Morgan fingerprint density at radius 1 is 1.38 bits per heavy atom. The molecule has 0 radical (unpaired) electrons. The molecule has 1 atom stereocenters. The molecule has 0 aliphatic carbocycles. The quantitative estimate of drug-likeness (QED) is 0.933. The molecule has 1 aliphatic rings. The lowest BCUT2D eigenvalue weighted by molar-refractivity contribution is 0.309. The van der Waals surface area contributed by atoms with Crippen LogP contribution >= 0.6 is 11.3 Å². The van der Waals surface area contributed by atoms with Crippen molar-refractivity contribution in [2.45, 2.75) is 51.5 Å². The molecule has 0 bridgehead atoms. The van der Waals surface area contributed by atoms with Gasteiger partial charge in [-0.05, 0) is 51.9 Å². The Balaban J connectivity index is 1.81. The second-order valence-corrected chi connectivity index (χ2v) is 7.93. The van der Waals surface area contributed by atoms with E-state index in [-0.39, 0.29) is 5.41 Å². The topological polar surface area (TPSA) is 29.9 Å². The van der Waals surface area contributed by atoms with Crippen LogP contribution in [-0.4, -0.2) is 22.6 Å². The second-order valence-electron chi connectivity index (χ2n) is 6.56. The number of imidazole rings is 1. The molecule has 1 aliphatic heterocycles. The zero-order valence-electron chi connectivity index (χ0n) is 13.2. The van der Waals surface area contributed by atoms with Gasteiger partial charge in [0.25, 0.3) is 0 Å². The summed E-state index contributed by atoms with van der Waals surface area (Å²) in [6.07, 6.45) is 7.60. The molecule has 1 saturated heterocycles. The smallest absolute Gasteiger partial charge is 0.0950 e. The van der Waals surface area contributed by atoms with Gasteiger partial charge in [0.15, 0.2) is 0 Å². The number of aryl methyl sites for hydroxylation is 1. The number of hydrogen-bond acceptors (Lipinski definition) is 3. The number of nitrogens with zero attached hydrogens (tertiary/aromatic N) is 2. The molecular weight excluding hydrogens is 278 g/mol. The van der Waals surface area contributed by atoms with Crippen molar-refractivity contribution in [3.8, 4) is 0 Å². The lowest BCUT2D eigenvalue weighted by Gasteiger charge is -2.35. The van der Waals surface area contributed by atoms with Crippen LogP contribution in [0.2, 0.25) is 0 Å². The highest BCUT2D eigenvalue weighted by atomic mass is 32.1. The Kier molecular flexibility index (Phi) is 4.18. The Bertz CT molecular complexity index is 593. The summed E-state index contributed by atoms with van der Waals surface area (Å²) < 4.78 is 2.40. The van der Waals surface area contributed by atoms with Crippen molar-refractivity contribution in [2.75, 3.05) is 13.1 Å². The Hall–Kier alpha value is -1.13. The monoisotopic (exact) mass is 303 g/mol. The van der Waals surface area contributed by atoms with Gasteiger partial charge in [-0.3, -0.25) is 0 Å². The summed E-state index contributed by atoms with van der Waals surface area (Å²) in [6, 6.07) is 4.95. The fourth-order valence-corrected chi connectivity index (χ4v) is 4.35. The molecule has 2 aromatic rings. The van der Waals surface area contributed by atoms with E-state index in [4.69, 9.17) is 0 Å². The van der Waals surface area contributed by atoms with Crippen LogP contribution in [0.4, 0.5) is 0 Å². The molecule has 0 amide bonds. The molecule has 3 heterocycles. The van der Waals surface area contributed by atoms with Crippen LogP contribution < -0.4 is 5.32 Å². The van der Waals surface area contributed by atoms with E-state index >= 15 is 0 Å². The van der Waals surface area contributed by atoms with Gasteiger partial charge in [-0.25, -0.2) is 4.98 Å². The van der Waals surface area contributed by atoms with Crippen LogP contribution in [0, 0.1) is 6.92 Å². The highest BCUT2D eigenvalue weighted by Crippen LogP contribution is 2.34. The molecule has 1 unspecified atom stereocenters. The van der Waals surface area contributed by atoms with Gasteiger partial charge in [0.2, 0.25) is 0 Å². The number of thiophene rings is 1. The van der Waals surface area contributed by atoms with Gasteiger partial charge in [0, 0.05) is 39.5 Å². The fourth-order valence-electron chi connectivity index (χ4n) is 3.34. The molecular formula is C17H25N3S. The molecule has 1 fully saturated rings. The van der Waals surface area contributed by atoms with Crippen LogP contribution in [0.15, 0.2) is 24.7 Å². The first-order valence-corrected chi connectivity index (χ1v) is 8.68. The van der Waals surface area contributed by atoms with Crippen LogP contribution in [0.5, 0.6) is 0 Å². The molecule has 2 aromatic heterocycles. The van der Waals surface area contributed by atoms with Gasteiger partial charge >= 0.3 is 0 Å². The lowest BCUT2D eigenvalue weighted by Crippen LogP contribution is -2.39. The molecule has 0 spiro atoms. The average Bonchev–Trinajstić information content (AvgIpc) is 3.09. The predicted octanol–water partition coefficient (Wildman–Crippen LogP) is 3.70. The number of hydrogen-bond donors (Lipinski definition) is 1. The molecule has 0 saturated carbocycles. The van der Waals surface area contributed by atoms with Gasteiger partial charge in [-0.2, -0.15) is 0 Å². The Morgan fingerprint density at radius 3 is 2.81 bits per heavy atom. The highest BCUT2D eigenvalue weighted by molar-refractivity contribution is 7.11. The molecule has 1 N–H and O–H groups in total. The number of aromatic nitrogens is 2. The van der Waals surface area contributed by atoms with Crippen LogP contribution in [0.3, 0.4) is 0 Å². The minimum absolute atomic E-state index is 0.265. The zero-order valence-corrected chi connectivity index (χ0v) is 14.0. The minimum atomic E-state index is 0.265. The van der Waals surface area contributed by atoms with Crippen molar-refractivity contribution < 1.29 is 0 Å². The maximum Gasteiger partial charge on any atom is 0.0950 e. The van der Waals surface area contributed by atoms with E-state index in [2.05, 4.69) is 54.0 Å². The van der Waals surface area contributed by atoms with Gasteiger partial charge < -0.3 is 9.88 Å². The standard InChI is InChI=1S/C17H25N3S/c1-13(10-15-5-4-14(2)21-15)20-12-19-11-16(20)17(3)6-8-18-9-7-17/h4-5,11-13,18H,6-10H2,1-3H3. The highest BCUT2D eigenvalue weighted by Gasteiger charge is 2.32. The predicted molar refractivity (Wildman–Crippen MR) is 89.2 cm³/mol. The SMILES string of the molecule is Cc1ccc(CC(C)n2cncc2C2(C)CCNCC2)s1. The number of nitrogens with one attached hydrogen (secondary N) is 1. The first kappa shape index (κ1) is 14.8. The van der Waals surface area contributed by atoms with Crippen LogP contribution in [-0.2, 0) is 11.8 Å². The first-order valence-electron chi connectivity index (χ1n) is 7.87.